The van der Waals surface area contributed by atoms with Crippen molar-refractivity contribution in [2.75, 3.05) is 18.9 Å². The predicted octanol–water partition coefficient (Wildman–Crippen LogP) is 0.878. The molecule has 1 rings (SSSR count). The van der Waals surface area contributed by atoms with Gasteiger partial charge in [0, 0.05) is 13.2 Å². The topological polar surface area (TPSA) is 75.6 Å². The minimum atomic E-state index is -0.929. The summed E-state index contributed by atoms with van der Waals surface area (Å²) in [4.78, 5) is 22.3. The first kappa shape index (κ1) is 14.3. The van der Waals surface area contributed by atoms with Crippen LogP contribution in [0.3, 0.4) is 0 Å². The van der Waals surface area contributed by atoms with E-state index in [0.717, 1.165) is 31.2 Å². The van der Waals surface area contributed by atoms with Crippen LogP contribution in [0.1, 0.15) is 26.7 Å². The zero-order valence-electron chi connectivity index (χ0n) is 10.2. The lowest BCUT2D eigenvalue weighted by atomic mass is 10.2. The first-order valence-electron chi connectivity index (χ1n) is 5.67. The minimum absolute atomic E-state index is 0.122. The van der Waals surface area contributed by atoms with E-state index in [9.17, 15) is 9.59 Å². The number of carboxylic acid groups (broad SMARTS) is 1. The molecule has 1 fully saturated rings. The average molecular weight is 261 g/mol. The minimum Gasteiger partial charge on any atom is -0.480 e. The fourth-order valence-electron chi connectivity index (χ4n) is 1.39. The van der Waals surface area contributed by atoms with Gasteiger partial charge >= 0.3 is 5.97 Å². The number of thioether (sulfide) groups is 1. The maximum absolute atomic E-state index is 11.5. The van der Waals surface area contributed by atoms with Crippen molar-refractivity contribution in [2.24, 2.45) is 0 Å². The van der Waals surface area contributed by atoms with E-state index in [1.54, 1.807) is 13.8 Å². The highest BCUT2D eigenvalue weighted by molar-refractivity contribution is 8.01. The molecule has 5 nitrogen and oxygen atoms in total. The highest BCUT2D eigenvalue weighted by Crippen LogP contribution is 2.24. The maximum Gasteiger partial charge on any atom is 0.319 e. The SMILES string of the molecule is CC(C)(SCC(=O)NCC1CCCO1)C(=O)O. The van der Waals surface area contributed by atoms with Gasteiger partial charge in [-0.25, -0.2) is 0 Å². The molecule has 1 heterocycles. The highest BCUT2D eigenvalue weighted by atomic mass is 32.2. The van der Waals surface area contributed by atoms with Gasteiger partial charge in [-0.05, 0) is 26.7 Å². The number of aliphatic carboxylic acids is 1. The summed E-state index contributed by atoms with van der Waals surface area (Å²) < 4.78 is 4.44. The molecule has 17 heavy (non-hydrogen) atoms. The molecule has 0 aromatic heterocycles. The van der Waals surface area contributed by atoms with Gasteiger partial charge in [-0.2, -0.15) is 0 Å². The fraction of sp³-hybridized carbons (Fsp3) is 0.818. The predicted molar refractivity (Wildman–Crippen MR) is 66.2 cm³/mol. The maximum atomic E-state index is 11.5. The van der Waals surface area contributed by atoms with E-state index in [1.807, 2.05) is 0 Å². The fourth-order valence-corrected chi connectivity index (χ4v) is 2.11. The Morgan fingerprint density at radius 1 is 1.53 bits per heavy atom. The number of amides is 1. The van der Waals surface area contributed by atoms with Crippen molar-refractivity contribution in [1.82, 2.24) is 5.32 Å². The molecule has 0 aromatic carbocycles. The molecule has 2 N–H and O–H groups in total. The molecule has 0 aliphatic carbocycles. The summed E-state index contributed by atoms with van der Waals surface area (Å²) in [5, 5.41) is 11.6. The molecule has 1 amide bonds. The van der Waals surface area contributed by atoms with Crippen molar-refractivity contribution in [2.45, 2.75) is 37.5 Å². The Morgan fingerprint density at radius 2 is 2.24 bits per heavy atom. The Hall–Kier alpha value is -0.750. The number of carbonyl (C=O) groups is 2. The third-order valence-electron chi connectivity index (χ3n) is 2.63. The van der Waals surface area contributed by atoms with Gasteiger partial charge in [-0.1, -0.05) is 0 Å². The van der Waals surface area contributed by atoms with Gasteiger partial charge in [0.05, 0.1) is 11.9 Å². The summed E-state index contributed by atoms with van der Waals surface area (Å²) in [6, 6.07) is 0. The Morgan fingerprint density at radius 3 is 2.76 bits per heavy atom. The molecule has 0 radical (unpaired) electrons. The lowest BCUT2D eigenvalue weighted by Gasteiger charge is -2.18. The van der Waals surface area contributed by atoms with Crippen LogP contribution in [0.4, 0.5) is 0 Å². The molecule has 98 valence electrons. The van der Waals surface area contributed by atoms with E-state index >= 15 is 0 Å². The van der Waals surface area contributed by atoms with E-state index in [0.29, 0.717) is 6.54 Å². The summed E-state index contributed by atoms with van der Waals surface area (Å²) in [6.07, 6.45) is 2.14. The third kappa shape index (κ3) is 4.95. The van der Waals surface area contributed by atoms with Crippen LogP contribution in [0.15, 0.2) is 0 Å². The summed E-state index contributed by atoms with van der Waals surface area (Å²) in [7, 11) is 0. The number of ether oxygens (including phenoxy) is 1. The van der Waals surface area contributed by atoms with Gasteiger partial charge in [0.2, 0.25) is 5.91 Å². The van der Waals surface area contributed by atoms with Gasteiger partial charge < -0.3 is 15.2 Å². The van der Waals surface area contributed by atoms with Gasteiger partial charge in [-0.15, -0.1) is 11.8 Å². The second-order valence-corrected chi connectivity index (χ2v) is 6.14. The van der Waals surface area contributed by atoms with Gasteiger partial charge in [0.15, 0.2) is 0 Å². The summed E-state index contributed by atoms with van der Waals surface area (Å²) in [5.41, 5.74) is 0. The summed E-state index contributed by atoms with van der Waals surface area (Å²) in [6.45, 7) is 4.47. The smallest absolute Gasteiger partial charge is 0.319 e. The van der Waals surface area contributed by atoms with Crippen molar-refractivity contribution < 1.29 is 19.4 Å². The zero-order valence-corrected chi connectivity index (χ0v) is 11.0. The number of carboxylic acids is 1. The first-order chi connectivity index (χ1) is 7.92. The van der Waals surface area contributed by atoms with Crippen molar-refractivity contribution in [3.63, 3.8) is 0 Å². The monoisotopic (exact) mass is 261 g/mol. The molecule has 6 heteroatoms. The van der Waals surface area contributed by atoms with Crippen LogP contribution in [-0.4, -0.2) is 46.7 Å². The van der Waals surface area contributed by atoms with Gasteiger partial charge in [0.25, 0.3) is 0 Å². The lowest BCUT2D eigenvalue weighted by Crippen LogP contribution is -2.35. The molecular weight excluding hydrogens is 242 g/mol. The van der Waals surface area contributed by atoms with Crippen LogP contribution in [0, 0.1) is 0 Å². The van der Waals surface area contributed by atoms with Crippen LogP contribution in [0.5, 0.6) is 0 Å². The van der Waals surface area contributed by atoms with E-state index in [2.05, 4.69) is 5.32 Å². The Balaban J connectivity index is 2.18. The van der Waals surface area contributed by atoms with Crippen LogP contribution in [0.2, 0.25) is 0 Å². The van der Waals surface area contributed by atoms with E-state index in [-0.39, 0.29) is 17.8 Å². The standard InChI is InChI=1S/C11H19NO4S/c1-11(2,10(14)15)17-7-9(13)12-6-8-4-3-5-16-8/h8H,3-7H2,1-2H3,(H,12,13)(H,14,15). The Labute approximate surface area is 105 Å². The van der Waals surface area contributed by atoms with Crippen LogP contribution >= 0.6 is 11.8 Å². The van der Waals surface area contributed by atoms with E-state index in [1.165, 1.54) is 0 Å². The summed E-state index contributed by atoms with van der Waals surface area (Å²) in [5.74, 6) is -0.888. The number of nitrogens with one attached hydrogen (secondary N) is 1. The number of hydrogen-bond acceptors (Lipinski definition) is 4. The van der Waals surface area contributed by atoms with Crippen molar-refractivity contribution in [3.05, 3.63) is 0 Å². The molecule has 0 bridgehead atoms. The molecule has 0 saturated carbocycles. The molecule has 1 aliphatic heterocycles. The van der Waals surface area contributed by atoms with Gasteiger partial charge in [0.1, 0.15) is 4.75 Å². The van der Waals surface area contributed by atoms with Crippen LogP contribution in [0.25, 0.3) is 0 Å². The van der Waals surface area contributed by atoms with E-state index < -0.39 is 10.7 Å². The van der Waals surface area contributed by atoms with Crippen LogP contribution in [-0.2, 0) is 14.3 Å². The molecule has 1 unspecified atom stereocenters. The second-order valence-electron chi connectivity index (χ2n) is 4.54. The summed E-state index contributed by atoms with van der Waals surface area (Å²) >= 11 is 1.13. The highest BCUT2D eigenvalue weighted by Gasteiger charge is 2.28. The average Bonchev–Trinajstić information content (AvgIpc) is 2.76. The first-order valence-corrected chi connectivity index (χ1v) is 6.66. The molecule has 0 aromatic rings. The largest absolute Gasteiger partial charge is 0.480 e. The quantitative estimate of drug-likeness (QED) is 0.742. The molecule has 1 saturated heterocycles. The van der Waals surface area contributed by atoms with Crippen molar-refractivity contribution >= 4 is 23.6 Å². The van der Waals surface area contributed by atoms with Crippen molar-refractivity contribution in [1.29, 1.82) is 0 Å². The van der Waals surface area contributed by atoms with E-state index in [4.69, 9.17) is 9.84 Å². The number of rotatable bonds is 6. The Kier molecular flexibility index (Phi) is 5.27. The number of hydrogen-bond donors (Lipinski definition) is 2. The second kappa shape index (κ2) is 6.26. The molecule has 1 aliphatic rings. The van der Waals surface area contributed by atoms with Crippen LogP contribution < -0.4 is 5.32 Å². The molecular formula is C11H19NO4S. The zero-order chi connectivity index (χ0) is 12.9. The lowest BCUT2D eigenvalue weighted by molar-refractivity contribution is -0.138. The number of carbonyl (C=O) groups excluding carboxylic acids is 1. The Bertz CT molecular complexity index is 287. The normalized spacial score (nSPS) is 20.2. The molecule has 0 spiro atoms. The third-order valence-corrected chi connectivity index (χ3v) is 3.93. The molecule has 1 atom stereocenters. The van der Waals surface area contributed by atoms with Gasteiger partial charge in [-0.3, -0.25) is 9.59 Å². The van der Waals surface area contributed by atoms with Crippen molar-refractivity contribution in [3.8, 4) is 0 Å².